The van der Waals surface area contributed by atoms with Crippen LogP contribution in [0.5, 0.6) is 0 Å². The van der Waals surface area contributed by atoms with E-state index in [1.165, 1.54) is 12.5 Å². The van der Waals surface area contributed by atoms with Crippen LogP contribution in [-0.2, 0) is 23.6 Å². The Labute approximate surface area is 118 Å². The molecule has 0 aliphatic carbocycles. The van der Waals surface area contributed by atoms with Crippen LogP contribution in [0.4, 0.5) is 5.69 Å². The highest BCUT2D eigenvalue weighted by Crippen LogP contribution is 2.15. The Morgan fingerprint density at radius 1 is 1.25 bits per heavy atom. The zero-order valence-corrected chi connectivity index (χ0v) is 12.3. The maximum atomic E-state index is 12.1. The Kier molecular flexibility index (Phi) is 4.41. The van der Waals surface area contributed by atoms with E-state index in [4.69, 9.17) is 0 Å². The molecular formula is C13H18N4O2S. The minimum absolute atomic E-state index is 0.0109. The Morgan fingerprint density at radius 3 is 2.50 bits per heavy atom. The van der Waals surface area contributed by atoms with E-state index in [0.29, 0.717) is 5.69 Å². The first kappa shape index (κ1) is 14.5. The molecule has 7 heteroatoms. The summed E-state index contributed by atoms with van der Waals surface area (Å²) in [6.07, 6.45) is 2.91. The Bertz CT molecular complexity index is 662. The standard InChI is InChI=1S/C13H18N4O2S/c1-3-14-8-11-4-6-12(7-5-11)16-20(18,19)13-9-17(2)10-15-13/h4-7,9-10,14,16H,3,8H2,1-2H3. The van der Waals surface area contributed by atoms with Crippen molar-refractivity contribution in [3.05, 3.63) is 42.4 Å². The van der Waals surface area contributed by atoms with E-state index in [1.54, 1.807) is 23.7 Å². The minimum Gasteiger partial charge on any atom is -0.339 e. The van der Waals surface area contributed by atoms with Crippen LogP contribution < -0.4 is 10.0 Å². The second kappa shape index (κ2) is 6.06. The number of rotatable bonds is 6. The number of hydrogen-bond acceptors (Lipinski definition) is 4. The summed E-state index contributed by atoms with van der Waals surface area (Å²) in [5, 5.41) is 3.22. The number of aromatic nitrogens is 2. The molecule has 0 radical (unpaired) electrons. The van der Waals surface area contributed by atoms with Gasteiger partial charge in [-0.1, -0.05) is 19.1 Å². The lowest BCUT2D eigenvalue weighted by atomic mass is 10.2. The van der Waals surface area contributed by atoms with E-state index in [2.05, 4.69) is 15.0 Å². The molecule has 0 aliphatic rings. The number of imidazole rings is 1. The van der Waals surface area contributed by atoms with Gasteiger partial charge in [0.05, 0.1) is 6.33 Å². The van der Waals surface area contributed by atoms with Crippen molar-refractivity contribution in [1.29, 1.82) is 0 Å². The highest BCUT2D eigenvalue weighted by molar-refractivity contribution is 7.92. The smallest absolute Gasteiger partial charge is 0.280 e. The fourth-order valence-corrected chi connectivity index (χ4v) is 2.74. The molecule has 2 rings (SSSR count). The van der Waals surface area contributed by atoms with Crippen molar-refractivity contribution in [3.8, 4) is 0 Å². The molecule has 0 fully saturated rings. The number of hydrogen-bond donors (Lipinski definition) is 2. The van der Waals surface area contributed by atoms with Crippen LogP contribution in [0.15, 0.2) is 41.8 Å². The molecule has 0 saturated carbocycles. The Hall–Kier alpha value is -1.86. The van der Waals surface area contributed by atoms with Crippen LogP contribution in [-0.4, -0.2) is 24.5 Å². The molecule has 0 saturated heterocycles. The van der Waals surface area contributed by atoms with Gasteiger partial charge in [0.25, 0.3) is 10.0 Å². The predicted octanol–water partition coefficient (Wildman–Crippen LogP) is 1.33. The van der Waals surface area contributed by atoms with Gasteiger partial charge in [-0.3, -0.25) is 4.72 Å². The molecule has 0 bridgehead atoms. The van der Waals surface area contributed by atoms with Crippen LogP contribution >= 0.6 is 0 Å². The fourth-order valence-electron chi connectivity index (χ4n) is 1.70. The highest BCUT2D eigenvalue weighted by Gasteiger charge is 2.16. The SMILES string of the molecule is CCNCc1ccc(NS(=O)(=O)c2cn(C)cn2)cc1. The number of nitrogens with zero attached hydrogens (tertiary/aromatic N) is 2. The molecule has 0 aliphatic heterocycles. The molecule has 0 spiro atoms. The lowest BCUT2D eigenvalue weighted by Crippen LogP contribution is -2.14. The van der Waals surface area contributed by atoms with E-state index >= 15 is 0 Å². The Balaban J connectivity index is 2.09. The minimum atomic E-state index is -3.62. The first-order chi connectivity index (χ1) is 9.51. The summed E-state index contributed by atoms with van der Waals surface area (Å²) < 4.78 is 28.2. The Morgan fingerprint density at radius 2 is 1.95 bits per heavy atom. The van der Waals surface area contributed by atoms with E-state index in [0.717, 1.165) is 18.7 Å². The van der Waals surface area contributed by atoms with Crippen LogP contribution in [0, 0.1) is 0 Å². The number of nitrogens with one attached hydrogen (secondary N) is 2. The highest BCUT2D eigenvalue weighted by atomic mass is 32.2. The third-order valence-electron chi connectivity index (χ3n) is 2.74. The van der Waals surface area contributed by atoms with Crippen molar-refractivity contribution < 1.29 is 8.42 Å². The van der Waals surface area contributed by atoms with Gasteiger partial charge < -0.3 is 9.88 Å². The molecular weight excluding hydrogens is 276 g/mol. The second-order valence-corrected chi connectivity index (χ2v) is 6.09. The normalized spacial score (nSPS) is 11.5. The summed E-state index contributed by atoms with van der Waals surface area (Å²) in [5.41, 5.74) is 1.63. The monoisotopic (exact) mass is 294 g/mol. The zero-order valence-electron chi connectivity index (χ0n) is 11.5. The van der Waals surface area contributed by atoms with Crippen molar-refractivity contribution in [1.82, 2.24) is 14.9 Å². The lowest BCUT2D eigenvalue weighted by molar-refractivity contribution is 0.598. The first-order valence-electron chi connectivity index (χ1n) is 6.31. The summed E-state index contributed by atoms with van der Waals surface area (Å²) in [4.78, 5) is 3.84. The van der Waals surface area contributed by atoms with E-state index in [9.17, 15) is 8.42 Å². The van der Waals surface area contributed by atoms with Gasteiger partial charge in [0, 0.05) is 25.5 Å². The number of sulfonamides is 1. The van der Waals surface area contributed by atoms with Crippen molar-refractivity contribution in [2.24, 2.45) is 7.05 Å². The quantitative estimate of drug-likeness (QED) is 0.843. The maximum Gasteiger partial charge on any atom is 0.280 e. The van der Waals surface area contributed by atoms with Crippen LogP contribution in [0.1, 0.15) is 12.5 Å². The molecule has 2 N–H and O–H groups in total. The van der Waals surface area contributed by atoms with Crippen LogP contribution in [0.25, 0.3) is 0 Å². The topological polar surface area (TPSA) is 76.0 Å². The molecule has 108 valence electrons. The van der Waals surface area contributed by atoms with Crippen molar-refractivity contribution >= 4 is 15.7 Å². The summed E-state index contributed by atoms with van der Waals surface area (Å²) in [6.45, 7) is 3.70. The second-order valence-electron chi connectivity index (χ2n) is 4.46. The summed E-state index contributed by atoms with van der Waals surface area (Å²) in [5.74, 6) is 0. The lowest BCUT2D eigenvalue weighted by Gasteiger charge is -2.07. The third kappa shape index (κ3) is 3.58. The molecule has 0 atom stereocenters. The van der Waals surface area contributed by atoms with Crippen LogP contribution in [0.3, 0.4) is 0 Å². The number of anilines is 1. The predicted molar refractivity (Wildman–Crippen MR) is 77.8 cm³/mol. The van der Waals surface area contributed by atoms with Gasteiger partial charge in [-0.2, -0.15) is 8.42 Å². The molecule has 2 aromatic rings. The van der Waals surface area contributed by atoms with Gasteiger partial charge in [-0.05, 0) is 24.2 Å². The molecule has 1 heterocycles. The van der Waals surface area contributed by atoms with E-state index in [1.807, 2.05) is 19.1 Å². The summed E-state index contributed by atoms with van der Waals surface area (Å²) in [6, 6.07) is 7.26. The average molecular weight is 294 g/mol. The van der Waals surface area contributed by atoms with Gasteiger partial charge in [-0.25, -0.2) is 4.98 Å². The van der Waals surface area contributed by atoms with Crippen molar-refractivity contribution in [2.75, 3.05) is 11.3 Å². The molecule has 0 amide bonds. The first-order valence-corrected chi connectivity index (χ1v) is 7.80. The summed E-state index contributed by atoms with van der Waals surface area (Å²) >= 11 is 0. The fraction of sp³-hybridized carbons (Fsp3) is 0.308. The molecule has 1 aromatic carbocycles. The van der Waals surface area contributed by atoms with Crippen molar-refractivity contribution in [2.45, 2.75) is 18.5 Å². The number of aryl methyl sites for hydroxylation is 1. The van der Waals surface area contributed by atoms with Gasteiger partial charge in [0.15, 0.2) is 5.03 Å². The van der Waals surface area contributed by atoms with E-state index in [-0.39, 0.29) is 5.03 Å². The largest absolute Gasteiger partial charge is 0.339 e. The van der Waals surface area contributed by atoms with E-state index < -0.39 is 10.0 Å². The zero-order chi connectivity index (χ0) is 14.6. The van der Waals surface area contributed by atoms with Gasteiger partial charge >= 0.3 is 0 Å². The molecule has 0 unspecified atom stereocenters. The van der Waals surface area contributed by atoms with Gasteiger partial charge in [-0.15, -0.1) is 0 Å². The maximum absolute atomic E-state index is 12.1. The summed E-state index contributed by atoms with van der Waals surface area (Å²) in [7, 11) is -1.90. The van der Waals surface area contributed by atoms with Gasteiger partial charge in [0.2, 0.25) is 0 Å². The average Bonchev–Trinajstić information content (AvgIpc) is 2.85. The van der Waals surface area contributed by atoms with Gasteiger partial charge in [0.1, 0.15) is 0 Å². The molecule has 6 nitrogen and oxygen atoms in total. The molecule has 1 aromatic heterocycles. The third-order valence-corrected chi connectivity index (χ3v) is 4.01. The molecule has 20 heavy (non-hydrogen) atoms. The van der Waals surface area contributed by atoms with Crippen molar-refractivity contribution in [3.63, 3.8) is 0 Å². The van der Waals surface area contributed by atoms with Crippen LogP contribution in [0.2, 0.25) is 0 Å². The number of benzene rings is 1.